The van der Waals surface area contributed by atoms with Gasteiger partial charge in [0, 0.05) is 17.6 Å². The zero-order chi connectivity index (χ0) is 10.1. The molecule has 0 atom stereocenters. The second-order valence-corrected chi connectivity index (χ2v) is 4.25. The number of nitrogens with zero attached hydrogens (tertiary/aromatic N) is 2. The minimum atomic E-state index is -0.250. The van der Waals surface area contributed by atoms with Crippen molar-refractivity contribution in [2.24, 2.45) is 0 Å². The third-order valence-electron chi connectivity index (χ3n) is 2.28. The Morgan fingerprint density at radius 3 is 2.79 bits per heavy atom. The van der Waals surface area contributed by atoms with Gasteiger partial charge < -0.3 is 10.0 Å². The third kappa shape index (κ3) is 1.61. The van der Waals surface area contributed by atoms with Crippen molar-refractivity contribution in [2.45, 2.75) is 6.10 Å². The van der Waals surface area contributed by atoms with Crippen LogP contribution in [0.25, 0.3) is 0 Å². The maximum Gasteiger partial charge on any atom is 0.101 e. The fourth-order valence-corrected chi connectivity index (χ4v) is 1.86. The summed E-state index contributed by atoms with van der Waals surface area (Å²) in [6, 6.07) is 7.68. The second kappa shape index (κ2) is 3.60. The molecule has 72 valence electrons. The highest BCUT2D eigenvalue weighted by molar-refractivity contribution is 9.10. The molecule has 1 aliphatic rings. The number of anilines is 1. The normalized spacial score (nSPS) is 16.2. The van der Waals surface area contributed by atoms with Crippen LogP contribution in [0.15, 0.2) is 22.7 Å². The summed E-state index contributed by atoms with van der Waals surface area (Å²) < 4.78 is 0.952. The van der Waals surface area contributed by atoms with Gasteiger partial charge in [-0.2, -0.15) is 5.26 Å². The summed E-state index contributed by atoms with van der Waals surface area (Å²) in [5, 5.41) is 18.1. The highest BCUT2D eigenvalue weighted by Gasteiger charge is 2.26. The average Bonchev–Trinajstić information content (AvgIpc) is 2.13. The largest absolute Gasteiger partial charge is 0.389 e. The van der Waals surface area contributed by atoms with E-state index in [4.69, 9.17) is 5.26 Å². The molecule has 0 spiro atoms. The zero-order valence-corrected chi connectivity index (χ0v) is 9.03. The minimum Gasteiger partial charge on any atom is -0.389 e. The van der Waals surface area contributed by atoms with Crippen LogP contribution in [-0.2, 0) is 0 Å². The van der Waals surface area contributed by atoms with E-state index in [1.165, 1.54) is 0 Å². The molecular formula is C10H9BrN2O. The fourth-order valence-electron chi connectivity index (χ4n) is 1.51. The van der Waals surface area contributed by atoms with Gasteiger partial charge in [0.1, 0.15) is 6.07 Å². The predicted molar refractivity (Wildman–Crippen MR) is 57.1 cm³/mol. The van der Waals surface area contributed by atoms with E-state index in [-0.39, 0.29) is 6.10 Å². The van der Waals surface area contributed by atoms with Gasteiger partial charge >= 0.3 is 0 Å². The van der Waals surface area contributed by atoms with E-state index in [2.05, 4.69) is 22.0 Å². The van der Waals surface area contributed by atoms with Gasteiger partial charge in [-0.05, 0) is 18.2 Å². The molecule has 3 nitrogen and oxygen atoms in total. The number of halogens is 1. The van der Waals surface area contributed by atoms with Crippen molar-refractivity contribution in [1.29, 1.82) is 5.26 Å². The van der Waals surface area contributed by atoms with Crippen LogP contribution in [-0.4, -0.2) is 24.3 Å². The van der Waals surface area contributed by atoms with Crippen LogP contribution in [0.4, 0.5) is 5.69 Å². The quantitative estimate of drug-likeness (QED) is 0.825. The van der Waals surface area contributed by atoms with Crippen LogP contribution in [0.1, 0.15) is 5.56 Å². The molecule has 0 unspecified atom stereocenters. The van der Waals surface area contributed by atoms with Gasteiger partial charge in [0.15, 0.2) is 0 Å². The highest BCUT2D eigenvalue weighted by Crippen LogP contribution is 2.28. The summed E-state index contributed by atoms with van der Waals surface area (Å²) >= 11 is 3.36. The van der Waals surface area contributed by atoms with Gasteiger partial charge in [-0.3, -0.25) is 0 Å². The first-order chi connectivity index (χ1) is 6.70. The lowest BCUT2D eigenvalue weighted by molar-refractivity contribution is 0.142. The number of benzene rings is 1. The Morgan fingerprint density at radius 1 is 1.50 bits per heavy atom. The van der Waals surface area contributed by atoms with E-state index < -0.39 is 0 Å². The molecule has 0 radical (unpaired) electrons. The Hall–Kier alpha value is -1.05. The molecule has 4 heteroatoms. The van der Waals surface area contributed by atoms with Crippen molar-refractivity contribution in [3.8, 4) is 6.07 Å². The lowest BCUT2D eigenvalue weighted by Crippen LogP contribution is -2.51. The number of nitriles is 1. The summed E-state index contributed by atoms with van der Waals surface area (Å²) in [4.78, 5) is 1.99. The first-order valence-corrected chi connectivity index (χ1v) is 5.12. The maximum absolute atomic E-state index is 9.18. The van der Waals surface area contributed by atoms with Gasteiger partial charge in [0.2, 0.25) is 0 Å². The molecule has 1 saturated heterocycles. The molecule has 1 N–H and O–H groups in total. The van der Waals surface area contributed by atoms with Crippen molar-refractivity contribution >= 4 is 21.6 Å². The van der Waals surface area contributed by atoms with Crippen LogP contribution in [0.2, 0.25) is 0 Å². The molecule has 1 aromatic carbocycles. The Labute approximate surface area is 90.7 Å². The fraction of sp³-hybridized carbons (Fsp3) is 0.300. The Balaban J connectivity index is 2.32. The van der Waals surface area contributed by atoms with Crippen molar-refractivity contribution in [3.05, 3.63) is 28.2 Å². The Kier molecular flexibility index (Phi) is 2.44. The number of aliphatic hydroxyl groups excluding tert-OH is 1. The van der Waals surface area contributed by atoms with Crippen LogP contribution < -0.4 is 4.90 Å². The van der Waals surface area contributed by atoms with Crippen molar-refractivity contribution in [3.63, 3.8) is 0 Å². The lowest BCUT2D eigenvalue weighted by atomic mass is 10.1. The lowest BCUT2D eigenvalue weighted by Gasteiger charge is -2.38. The molecule has 2 rings (SSSR count). The van der Waals surface area contributed by atoms with Crippen molar-refractivity contribution < 1.29 is 5.11 Å². The molecule has 0 aliphatic carbocycles. The van der Waals surface area contributed by atoms with Gasteiger partial charge in [-0.25, -0.2) is 0 Å². The first kappa shape index (κ1) is 9.50. The summed E-state index contributed by atoms with van der Waals surface area (Å²) in [6.45, 7) is 1.23. The molecule has 0 bridgehead atoms. The number of hydrogen-bond donors (Lipinski definition) is 1. The summed E-state index contributed by atoms with van der Waals surface area (Å²) in [5.41, 5.74) is 1.55. The number of aliphatic hydroxyl groups is 1. The predicted octanol–water partition coefficient (Wildman–Crippen LogP) is 1.50. The van der Waals surface area contributed by atoms with Gasteiger partial charge in [0.05, 0.1) is 17.4 Å². The van der Waals surface area contributed by atoms with Crippen molar-refractivity contribution in [2.75, 3.05) is 18.0 Å². The average molecular weight is 253 g/mol. The molecule has 1 aromatic rings. The molecule has 1 fully saturated rings. The van der Waals surface area contributed by atoms with Crippen LogP contribution >= 0.6 is 15.9 Å². The number of hydrogen-bond acceptors (Lipinski definition) is 3. The monoisotopic (exact) mass is 252 g/mol. The summed E-state index contributed by atoms with van der Waals surface area (Å²) in [5.74, 6) is 0. The second-order valence-electron chi connectivity index (χ2n) is 3.33. The Morgan fingerprint density at radius 2 is 2.21 bits per heavy atom. The maximum atomic E-state index is 9.18. The van der Waals surface area contributed by atoms with E-state index >= 15 is 0 Å². The first-order valence-electron chi connectivity index (χ1n) is 4.33. The highest BCUT2D eigenvalue weighted by atomic mass is 79.9. The number of β-amino-alcohol motifs (C(OH)–C–C–N with tert-alkyl or cyclic N) is 1. The van der Waals surface area contributed by atoms with Crippen molar-refractivity contribution in [1.82, 2.24) is 0 Å². The number of rotatable bonds is 1. The van der Waals surface area contributed by atoms with E-state index in [0.717, 1.165) is 10.2 Å². The SMILES string of the molecule is N#Cc1ccc(Br)cc1N1CC(O)C1. The van der Waals surface area contributed by atoms with E-state index in [9.17, 15) is 5.11 Å². The standard InChI is InChI=1S/C10H9BrN2O/c11-8-2-1-7(4-12)10(3-8)13-5-9(14)6-13/h1-3,9,14H,5-6H2. The molecule has 0 aromatic heterocycles. The topological polar surface area (TPSA) is 47.3 Å². The van der Waals surface area contributed by atoms with Crippen LogP contribution in [0, 0.1) is 11.3 Å². The van der Waals surface area contributed by atoms with Gasteiger partial charge in [-0.15, -0.1) is 0 Å². The molecule has 1 aliphatic heterocycles. The third-order valence-corrected chi connectivity index (χ3v) is 2.78. The molecule has 14 heavy (non-hydrogen) atoms. The van der Waals surface area contributed by atoms with Gasteiger partial charge in [-0.1, -0.05) is 15.9 Å². The van der Waals surface area contributed by atoms with Crippen LogP contribution in [0.3, 0.4) is 0 Å². The van der Waals surface area contributed by atoms with E-state index in [1.807, 2.05) is 17.0 Å². The van der Waals surface area contributed by atoms with E-state index in [0.29, 0.717) is 18.7 Å². The smallest absolute Gasteiger partial charge is 0.101 e. The van der Waals surface area contributed by atoms with Gasteiger partial charge in [0.25, 0.3) is 0 Å². The molecule has 0 amide bonds. The van der Waals surface area contributed by atoms with E-state index in [1.54, 1.807) is 6.07 Å². The zero-order valence-electron chi connectivity index (χ0n) is 7.44. The minimum absolute atomic E-state index is 0.250. The summed E-state index contributed by atoms with van der Waals surface area (Å²) in [7, 11) is 0. The molecule has 1 heterocycles. The van der Waals surface area contributed by atoms with Crippen LogP contribution in [0.5, 0.6) is 0 Å². The molecular weight excluding hydrogens is 244 g/mol. The summed E-state index contributed by atoms with van der Waals surface area (Å²) in [6.07, 6.45) is -0.250. The Bertz CT molecular complexity index is 394. The molecule has 0 saturated carbocycles.